The number of hydrogen-bond donors (Lipinski definition) is 1. The SMILES string of the molecule is Cc1ccccc1CN(C(=O)CN(c1cc(Cl)ccc1Cl)S(C)(=O)=O)[C@@H](C)C(=O)NC(C)(C)C. The Morgan fingerprint density at radius 3 is 2.26 bits per heavy atom. The van der Waals surface area contributed by atoms with E-state index in [2.05, 4.69) is 5.32 Å². The zero-order chi connectivity index (χ0) is 25.8. The Labute approximate surface area is 212 Å². The lowest BCUT2D eigenvalue weighted by Crippen LogP contribution is -2.54. The molecule has 2 rings (SSSR count). The van der Waals surface area contributed by atoms with Crippen LogP contribution in [0.3, 0.4) is 0 Å². The lowest BCUT2D eigenvalue weighted by atomic mass is 10.1. The summed E-state index contributed by atoms with van der Waals surface area (Å²) in [5.41, 5.74) is 1.38. The van der Waals surface area contributed by atoms with Crippen LogP contribution in [0.1, 0.15) is 38.8 Å². The Morgan fingerprint density at radius 1 is 1.09 bits per heavy atom. The highest BCUT2D eigenvalue weighted by atomic mass is 35.5. The van der Waals surface area contributed by atoms with Crippen LogP contribution in [0.5, 0.6) is 0 Å². The number of nitrogens with one attached hydrogen (secondary N) is 1. The van der Waals surface area contributed by atoms with E-state index < -0.39 is 34.1 Å². The number of anilines is 1. The minimum atomic E-state index is -3.90. The van der Waals surface area contributed by atoms with Crippen molar-refractivity contribution in [1.29, 1.82) is 0 Å². The first-order valence-corrected chi connectivity index (χ1v) is 13.3. The maximum absolute atomic E-state index is 13.6. The molecule has 0 fully saturated rings. The minimum Gasteiger partial charge on any atom is -0.350 e. The van der Waals surface area contributed by atoms with E-state index in [4.69, 9.17) is 23.2 Å². The molecule has 0 heterocycles. The van der Waals surface area contributed by atoms with Gasteiger partial charge in [-0.1, -0.05) is 47.5 Å². The molecule has 0 saturated heterocycles. The summed E-state index contributed by atoms with van der Waals surface area (Å²) >= 11 is 12.3. The predicted molar refractivity (Wildman–Crippen MR) is 138 cm³/mol. The highest BCUT2D eigenvalue weighted by Crippen LogP contribution is 2.31. The van der Waals surface area contributed by atoms with E-state index in [1.165, 1.54) is 23.1 Å². The Kier molecular flexibility index (Phi) is 9.02. The summed E-state index contributed by atoms with van der Waals surface area (Å²) in [6.07, 6.45) is 0.985. The molecule has 2 aromatic carbocycles. The number of amides is 2. The maximum Gasteiger partial charge on any atom is 0.244 e. The number of benzene rings is 2. The van der Waals surface area contributed by atoms with Crippen LogP contribution in [-0.2, 0) is 26.2 Å². The Morgan fingerprint density at radius 2 is 1.71 bits per heavy atom. The van der Waals surface area contributed by atoms with Crippen LogP contribution in [0.25, 0.3) is 0 Å². The lowest BCUT2D eigenvalue weighted by Gasteiger charge is -2.33. The van der Waals surface area contributed by atoms with Crippen LogP contribution >= 0.6 is 23.2 Å². The summed E-state index contributed by atoms with van der Waals surface area (Å²) in [5, 5.41) is 3.29. The van der Waals surface area contributed by atoms with Crippen molar-refractivity contribution in [1.82, 2.24) is 10.2 Å². The van der Waals surface area contributed by atoms with Gasteiger partial charge in [-0.3, -0.25) is 13.9 Å². The number of carbonyl (C=O) groups is 2. The van der Waals surface area contributed by atoms with Gasteiger partial charge in [-0.25, -0.2) is 8.42 Å². The second-order valence-electron chi connectivity index (χ2n) is 9.23. The number of aryl methyl sites for hydroxylation is 1. The smallest absolute Gasteiger partial charge is 0.244 e. The number of sulfonamides is 1. The van der Waals surface area contributed by atoms with Crippen LogP contribution in [0.2, 0.25) is 10.0 Å². The first-order chi connectivity index (χ1) is 15.6. The van der Waals surface area contributed by atoms with E-state index in [1.807, 2.05) is 52.0 Å². The van der Waals surface area contributed by atoms with Gasteiger partial charge >= 0.3 is 0 Å². The van der Waals surface area contributed by atoms with E-state index in [-0.39, 0.29) is 28.2 Å². The Bertz CT molecular complexity index is 1160. The molecular weight excluding hydrogens is 497 g/mol. The quantitative estimate of drug-likeness (QED) is 0.551. The summed E-state index contributed by atoms with van der Waals surface area (Å²) in [4.78, 5) is 27.9. The van der Waals surface area contributed by atoms with Gasteiger partial charge < -0.3 is 10.2 Å². The van der Waals surface area contributed by atoms with Crippen molar-refractivity contribution in [3.63, 3.8) is 0 Å². The van der Waals surface area contributed by atoms with E-state index >= 15 is 0 Å². The number of carbonyl (C=O) groups excluding carboxylic acids is 2. The van der Waals surface area contributed by atoms with Crippen molar-refractivity contribution in [2.75, 3.05) is 17.1 Å². The topological polar surface area (TPSA) is 86.8 Å². The molecule has 0 aliphatic carbocycles. The minimum absolute atomic E-state index is 0.0904. The third-order valence-corrected chi connectivity index (χ3v) is 6.80. The molecule has 186 valence electrons. The summed E-state index contributed by atoms with van der Waals surface area (Å²) in [6.45, 7) is 8.65. The number of nitrogens with zero attached hydrogens (tertiary/aromatic N) is 2. The molecule has 1 N–H and O–H groups in total. The zero-order valence-electron chi connectivity index (χ0n) is 20.2. The maximum atomic E-state index is 13.6. The van der Waals surface area contributed by atoms with E-state index in [0.29, 0.717) is 0 Å². The van der Waals surface area contributed by atoms with Gasteiger partial charge in [0.15, 0.2) is 0 Å². The average Bonchev–Trinajstić information content (AvgIpc) is 2.70. The largest absolute Gasteiger partial charge is 0.350 e. The molecule has 0 spiro atoms. The number of halogens is 2. The second kappa shape index (κ2) is 11.0. The summed E-state index contributed by atoms with van der Waals surface area (Å²) in [5.74, 6) is -0.901. The van der Waals surface area contributed by atoms with Crippen molar-refractivity contribution in [2.24, 2.45) is 0 Å². The monoisotopic (exact) mass is 527 g/mol. The highest BCUT2D eigenvalue weighted by molar-refractivity contribution is 7.92. The molecule has 7 nitrogen and oxygen atoms in total. The molecule has 34 heavy (non-hydrogen) atoms. The van der Waals surface area contributed by atoms with Crippen LogP contribution in [-0.4, -0.2) is 49.5 Å². The summed E-state index contributed by atoms with van der Waals surface area (Å²) in [7, 11) is -3.90. The normalized spacial score (nSPS) is 12.7. The molecule has 0 aromatic heterocycles. The third-order valence-electron chi connectivity index (χ3n) is 5.12. The van der Waals surface area contributed by atoms with Crippen LogP contribution < -0.4 is 9.62 Å². The van der Waals surface area contributed by atoms with Crippen LogP contribution in [0.4, 0.5) is 5.69 Å². The fraction of sp³-hybridized carbons (Fsp3) is 0.417. The van der Waals surface area contributed by atoms with Crippen molar-refractivity contribution < 1.29 is 18.0 Å². The predicted octanol–water partition coefficient (Wildman–Crippen LogP) is 4.40. The molecule has 0 unspecified atom stereocenters. The highest BCUT2D eigenvalue weighted by Gasteiger charge is 2.32. The lowest BCUT2D eigenvalue weighted by molar-refractivity contribution is -0.140. The zero-order valence-corrected chi connectivity index (χ0v) is 22.6. The number of hydrogen-bond acceptors (Lipinski definition) is 4. The fourth-order valence-electron chi connectivity index (χ4n) is 3.30. The van der Waals surface area contributed by atoms with E-state index in [1.54, 1.807) is 6.92 Å². The van der Waals surface area contributed by atoms with Crippen molar-refractivity contribution in [3.8, 4) is 0 Å². The van der Waals surface area contributed by atoms with Gasteiger partial charge in [0.25, 0.3) is 0 Å². The fourth-order valence-corrected chi connectivity index (χ4v) is 4.59. The molecule has 0 aliphatic heterocycles. The molecule has 10 heteroatoms. The van der Waals surface area contributed by atoms with Crippen molar-refractivity contribution in [2.45, 2.75) is 52.7 Å². The standard InChI is InChI=1S/C24H31Cl2N3O4S/c1-16-9-7-8-10-18(16)14-28(17(2)23(31)27-24(3,4)5)22(30)15-29(34(6,32)33)21-13-19(25)11-12-20(21)26/h7-13,17H,14-15H2,1-6H3,(H,27,31)/t17-/m0/s1. The molecule has 2 aromatic rings. The molecule has 0 aliphatic rings. The van der Waals surface area contributed by atoms with Gasteiger partial charge in [-0.15, -0.1) is 0 Å². The van der Waals surface area contributed by atoms with Gasteiger partial charge in [0.05, 0.1) is 17.0 Å². The second-order valence-corrected chi connectivity index (χ2v) is 12.0. The van der Waals surface area contributed by atoms with Crippen LogP contribution in [0.15, 0.2) is 42.5 Å². The van der Waals surface area contributed by atoms with Crippen LogP contribution in [0, 0.1) is 6.92 Å². The van der Waals surface area contributed by atoms with Gasteiger partial charge in [0, 0.05) is 17.1 Å². The molecule has 1 atom stereocenters. The van der Waals surface area contributed by atoms with Gasteiger partial charge in [-0.2, -0.15) is 0 Å². The molecular formula is C24H31Cl2N3O4S. The average molecular weight is 529 g/mol. The van der Waals surface area contributed by atoms with E-state index in [0.717, 1.165) is 21.7 Å². The molecule has 2 amide bonds. The summed E-state index contributed by atoms with van der Waals surface area (Å²) in [6, 6.07) is 11.0. The van der Waals surface area contributed by atoms with E-state index in [9.17, 15) is 18.0 Å². The Balaban J connectivity index is 2.47. The molecule has 0 radical (unpaired) electrons. The first-order valence-electron chi connectivity index (χ1n) is 10.7. The third kappa shape index (κ3) is 7.61. The van der Waals surface area contributed by atoms with Crippen molar-refractivity contribution in [3.05, 3.63) is 63.6 Å². The van der Waals surface area contributed by atoms with Crippen molar-refractivity contribution >= 4 is 50.7 Å². The first kappa shape index (κ1) is 28.0. The molecule has 0 bridgehead atoms. The van der Waals surface area contributed by atoms with Gasteiger partial charge in [-0.05, 0) is 63.9 Å². The Hall–Kier alpha value is -2.29. The van der Waals surface area contributed by atoms with Gasteiger partial charge in [0.1, 0.15) is 12.6 Å². The summed E-state index contributed by atoms with van der Waals surface area (Å²) < 4.78 is 26.2. The molecule has 0 saturated carbocycles. The number of rotatable bonds is 8. The van der Waals surface area contributed by atoms with Gasteiger partial charge in [0.2, 0.25) is 21.8 Å².